The highest BCUT2D eigenvalue weighted by molar-refractivity contribution is 5.90. The average Bonchev–Trinajstić information content (AvgIpc) is 2.88. The van der Waals surface area contributed by atoms with E-state index in [1.54, 1.807) is 6.07 Å². The molecular weight excluding hydrogens is 267 g/mol. The first-order valence-electron chi connectivity index (χ1n) is 6.82. The normalized spacial score (nSPS) is 23.0. The molecule has 0 saturated carbocycles. The number of hydrogen-bond acceptors (Lipinski definition) is 2. The summed E-state index contributed by atoms with van der Waals surface area (Å²) in [7, 11) is 0. The van der Waals surface area contributed by atoms with Crippen molar-refractivity contribution in [3.8, 4) is 0 Å². The van der Waals surface area contributed by atoms with Crippen molar-refractivity contribution in [2.75, 3.05) is 6.54 Å². The zero-order chi connectivity index (χ0) is 14.8. The summed E-state index contributed by atoms with van der Waals surface area (Å²) in [5.74, 6) is -0.0168. The van der Waals surface area contributed by atoms with E-state index in [1.807, 2.05) is 6.92 Å². The lowest BCUT2D eigenvalue weighted by atomic mass is 9.86. The van der Waals surface area contributed by atoms with Gasteiger partial charge in [0.15, 0.2) is 5.78 Å². The maximum absolute atomic E-state index is 12.7. The van der Waals surface area contributed by atoms with Crippen molar-refractivity contribution in [2.24, 2.45) is 0 Å². The van der Waals surface area contributed by atoms with Crippen molar-refractivity contribution in [1.29, 1.82) is 0 Å². The second-order valence-electron chi connectivity index (χ2n) is 5.26. The third-order valence-corrected chi connectivity index (χ3v) is 4.00. The van der Waals surface area contributed by atoms with Crippen LogP contribution in [-0.2, 0) is 17.4 Å². The molecule has 0 radical (unpaired) electrons. The van der Waals surface area contributed by atoms with Crippen LogP contribution in [0.25, 0.3) is 0 Å². The molecule has 1 aromatic carbocycles. The molecule has 1 unspecified atom stereocenters. The molecule has 0 aliphatic carbocycles. The van der Waals surface area contributed by atoms with Crippen LogP contribution >= 0.6 is 0 Å². The summed E-state index contributed by atoms with van der Waals surface area (Å²) < 4.78 is 38.0. The number of Topliss-reactive ketones (excluding diaryl/α,β-unsaturated/α-hetero) is 1. The van der Waals surface area contributed by atoms with Gasteiger partial charge in [0, 0.05) is 6.42 Å². The van der Waals surface area contributed by atoms with Crippen molar-refractivity contribution in [3.05, 3.63) is 35.4 Å². The first-order valence-corrected chi connectivity index (χ1v) is 6.82. The Balaban J connectivity index is 2.16. The molecule has 2 nitrogen and oxygen atoms in total. The molecular formula is C15H18F3NO. The van der Waals surface area contributed by atoms with Gasteiger partial charge in [-0.1, -0.05) is 25.1 Å². The van der Waals surface area contributed by atoms with Crippen LogP contribution in [0.15, 0.2) is 24.3 Å². The lowest BCUT2D eigenvalue weighted by Gasteiger charge is -2.26. The fraction of sp³-hybridized carbons (Fsp3) is 0.533. The number of hydrogen-bond donors (Lipinski definition) is 1. The largest absolute Gasteiger partial charge is 0.416 e. The zero-order valence-corrected chi connectivity index (χ0v) is 11.4. The molecule has 1 saturated heterocycles. The van der Waals surface area contributed by atoms with Gasteiger partial charge < -0.3 is 5.32 Å². The van der Waals surface area contributed by atoms with E-state index in [2.05, 4.69) is 5.32 Å². The maximum Gasteiger partial charge on any atom is 0.416 e. The van der Waals surface area contributed by atoms with Gasteiger partial charge in [-0.25, -0.2) is 0 Å². The first kappa shape index (κ1) is 15.0. The summed E-state index contributed by atoms with van der Waals surface area (Å²) in [4.78, 5) is 12.4. The number of carbonyl (C=O) groups excluding carboxylic acids is 1. The quantitative estimate of drug-likeness (QED) is 0.919. The number of benzene rings is 1. The average molecular weight is 285 g/mol. The van der Waals surface area contributed by atoms with E-state index in [-0.39, 0.29) is 12.2 Å². The Morgan fingerprint density at radius 2 is 2.15 bits per heavy atom. The maximum atomic E-state index is 12.7. The van der Waals surface area contributed by atoms with Gasteiger partial charge in [0.1, 0.15) is 0 Å². The summed E-state index contributed by atoms with van der Waals surface area (Å²) in [5, 5.41) is 3.21. The van der Waals surface area contributed by atoms with E-state index >= 15 is 0 Å². The predicted molar refractivity (Wildman–Crippen MR) is 70.4 cm³/mol. The Hall–Kier alpha value is -1.36. The summed E-state index contributed by atoms with van der Waals surface area (Å²) in [6, 6.07) is 5.02. The van der Waals surface area contributed by atoms with E-state index in [0.29, 0.717) is 12.0 Å². The SMILES string of the molecule is CCC1(C(=O)Cc2cccc(C(F)(F)F)c2)CCCN1. The highest BCUT2D eigenvalue weighted by Gasteiger charge is 2.38. The van der Waals surface area contributed by atoms with Crippen LogP contribution in [0.2, 0.25) is 0 Å². The van der Waals surface area contributed by atoms with E-state index in [4.69, 9.17) is 0 Å². The molecule has 0 spiro atoms. The highest BCUT2D eigenvalue weighted by Crippen LogP contribution is 2.30. The van der Waals surface area contributed by atoms with Gasteiger partial charge in [-0.15, -0.1) is 0 Å². The Labute approximate surface area is 116 Å². The Kier molecular flexibility index (Phi) is 4.18. The number of halogens is 3. The Morgan fingerprint density at radius 3 is 2.70 bits per heavy atom. The Morgan fingerprint density at radius 1 is 1.40 bits per heavy atom. The third-order valence-electron chi connectivity index (χ3n) is 4.00. The lowest BCUT2D eigenvalue weighted by molar-refractivity contribution is -0.137. The van der Waals surface area contributed by atoms with Crippen molar-refractivity contribution in [3.63, 3.8) is 0 Å². The third kappa shape index (κ3) is 3.03. The zero-order valence-electron chi connectivity index (χ0n) is 11.4. The minimum Gasteiger partial charge on any atom is -0.305 e. The van der Waals surface area contributed by atoms with Gasteiger partial charge in [-0.05, 0) is 37.4 Å². The van der Waals surface area contributed by atoms with Gasteiger partial charge in [0.2, 0.25) is 0 Å². The standard InChI is InChI=1S/C15H18F3NO/c1-2-14(7-4-8-19-14)13(20)10-11-5-3-6-12(9-11)15(16,17)18/h3,5-6,9,19H,2,4,7-8,10H2,1H3. The number of nitrogens with one attached hydrogen (secondary N) is 1. The van der Waals surface area contributed by atoms with Crippen LogP contribution in [0.1, 0.15) is 37.3 Å². The molecule has 1 aromatic rings. The number of ketones is 1. The molecule has 1 aliphatic rings. The summed E-state index contributed by atoms with van der Waals surface area (Å²) in [6.07, 6.45) is -1.95. The second kappa shape index (κ2) is 5.56. The van der Waals surface area contributed by atoms with Crippen LogP contribution in [0.4, 0.5) is 13.2 Å². The van der Waals surface area contributed by atoms with Crippen molar-refractivity contribution >= 4 is 5.78 Å². The molecule has 1 fully saturated rings. The number of alkyl halides is 3. The fourth-order valence-corrected chi connectivity index (χ4v) is 2.76. The van der Waals surface area contributed by atoms with Crippen LogP contribution in [0, 0.1) is 0 Å². The number of rotatable bonds is 4. The van der Waals surface area contributed by atoms with Crippen molar-refractivity contribution in [1.82, 2.24) is 5.32 Å². The van der Waals surface area contributed by atoms with Gasteiger partial charge in [-0.2, -0.15) is 13.2 Å². The molecule has 0 aromatic heterocycles. The Bertz CT molecular complexity index is 490. The minimum atomic E-state index is -4.37. The van der Waals surface area contributed by atoms with E-state index < -0.39 is 17.3 Å². The van der Waals surface area contributed by atoms with Gasteiger partial charge in [0.05, 0.1) is 11.1 Å². The van der Waals surface area contributed by atoms with Crippen molar-refractivity contribution in [2.45, 2.75) is 44.3 Å². The van der Waals surface area contributed by atoms with Crippen LogP contribution in [0.5, 0.6) is 0 Å². The molecule has 1 atom stereocenters. The summed E-state index contributed by atoms with van der Waals surface area (Å²) in [6.45, 7) is 2.73. The van der Waals surface area contributed by atoms with Crippen LogP contribution in [0.3, 0.4) is 0 Å². The van der Waals surface area contributed by atoms with Gasteiger partial charge >= 0.3 is 6.18 Å². The van der Waals surface area contributed by atoms with E-state index in [1.165, 1.54) is 6.07 Å². The topological polar surface area (TPSA) is 29.1 Å². The van der Waals surface area contributed by atoms with Gasteiger partial charge in [0.25, 0.3) is 0 Å². The molecule has 20 heavy (non-hydrogen) atoms. The molecule has 0 bridgehead atoms. The van der Waals surface area contributed by atoms with Gasteiger partial charge in [-0.3, -0.25) is 4.79 Å². The second-order valence-corrected chi connectivity index (χ2v) is 5.26. The monoisotopic (exact) mass is 285 g/mol. The van der Waals surface area contributed by atoms with E-state index in [9.17, 15) is 18.0 Å². The van der Waals surface area contributed by atoms with E-state index in [0.717, 1.165) is 31.5 Å². The molecule has 1 N–H and O–H groups in total. The molecule has 110 valence electrons. The predicted octanol–water partition coefficient (Wildman–Crippen LogP) is 3.35. The minimum absolute atomic E-state index is 0.0168. The van der Waals surface area contributed by atoms with Crippen LogP contribution < -0.4 is 5.32 Å². The number of carbonyl (C=O) groups is 1. The smallest absolute Gasteiger partial charge is 0.305 e. The van der Waals surface area contributed by atoms with Crippen LogP contribution in [-0.4, -0.2) is 17.9 Å². The summed E-state index contributed by atoms with van der Waals surface area (Å²) >= 11 is 0. The fourth-order valence-electron chi connectivity index (χ4n) is 2.76. The molecule has 2 rings (SSSR count). The molecule has 1 heterocycles. The van der Waals surface area contributed by atoms with Crippen molar-refractivity contribution < 1.29 is 18.0 Å². The molecule has 0 amide bonds. The first-order chi connectivity index (χ1) is 9.37. The summed E-state index contributed by atoms with van der Waals surface area (Å²) in [5.41, 5.74) is -0.826. The lowest BCUT2D eigenvalue weighted by Crippen LogP contribution is -2.47. The molecule has 5 heteroatoms. The highest BCUT2D eigenvalue weighted by atomic mass is 19.4. The molecule has 1 aliphatic heterocycles.